The molecule has 72 valence electrons. The first-order valence-electron chi connectivity index (χ1n) is 4.98. The van der Waals surface area contributed by atoms with Gasteiger partial charge in [0, 0.05) is 6.42 Å². The minimum Gasteiger partial charge on any atom is -0.177 e. The molecule has 0 radical (unpaired) electrons. The van der Waals surface area contributed by atoms with Crippen LogP contribution in [0.15, 0.2) is 0 Å². The number of tetrazole rings is 1. The van der Waals surface area contributed by atoms with Crippen molar-refractivity contribution in [2.75, 3.05) is 0 Å². The van der Waals surface area contributed by atoms with Crippen LogP contribution in [0.5, 0.6) is 0 Å². The van der Waals surface area contributed by atoms with E-state index in [-0.39, 0.29) is 0 Å². The summed E-state index contributed by atoms with van der Waals surface area (Å²) in [5.74, 6) is 3.43. The molecule has 1 fully saturated rings. The maximum Gasteiger partial charge on any atom is 0.174 e. The molecule has 0 amide bonds. The molecule has 4 heteroatoms. The predicted molar refractivity (Wildman–Crippen MR) is 48.9 cm³/mol. The summed E-state index contributed by atoms with van der Waals surface area (Å²) >= 11 is 0. The SMILES string of the molecule is CC(C)C1CC(Cc2nn[nH]n2)C1. The van der Waals surface area contributed by atoms with Gasteiger partial charge in [-0.25, -0.2) is 0 Å². The lowest BCUT2D eigenvalue weighted by molar-refractivity contribution is 0.139. The van der Waals surface area contributed by atoms with Crippen LogP contribution in [0.2, 0.25) is 0 Å². The average molecular weight is 180 g/mol. The standard InChI is InChI=1S/C9H16N4/c1-6(2)8-3-7(4-8)5-9-10-12-13-11-9/h6-8H,3-5H2,1-2H3,(H,10,11,12,13). The van der Waals surface area contributed by atoms with Crippen molar-refractivity contribution in [3.05, 3.63) is 5.82 Å². The van der Waals surface area contributed by atoms with Gasteiger partial charge in [-0.2, -0.15) is 5.21 Å². The number of aromatic amines is 1. The summed E-state index contributed by atoms with van der Waals surface area (Å²) in [5, 5.41) is 14.0. The largest absolute Gasteiger partial charge is 0.177 e. The molecule has 1 aromatic heterocycles. The summed E-state index contributed by atoms with van der Waals surface area (Å²) in [6.45, 7) is 4.60. The van der Waals surface area contributed by atoms with Crippen molar-refractivity contribution in [3.63, 3.8) is 0 Å². The van der Waals surface area contributed by atoms with Crippen molar-refractivity contribution in [2.24, 2.45) is 17.8 Å². The summed E-state index contributed by atoms with van der Waals surface area (Å²) in [7, 11) is 0. The first kappa shape index (κ1) is 8.66. The fraction of sp³-hybridized carbons (Fsp3) is 0.889. The van der Waals surface area contributed by atoms with E-state index >= 15 is 0 Å². The van der Waals surface area contributed by atoms with Crippen LogP contribution in [-0.2, 0) is 6.42 Å². The molecule has 1 aliphatic carbocycles. The van der Waals surface area contributed by atoms with Crippen LogP contribution in [0.4, 0.5) is 0 Å². The van der Waals surface area contributed by atoms with E-state index in [4.69, 9.17) is 0 Å². The zero-order chi connectivity index (χ0) is 9.26. The highest BCUT2D eigenvalue weighted by molar-refractivity contribution is 4.89. The van der Waals surface area contributed by atoms with Crippen LogP contribution in [0.3, 0.4) is 0 Å². The lowest BCUT2D eigenvalue weighted by Crippen LogP contribution is -2.29. The van der Waals surface area contributed by atoms with Crippen LogP contribution in [0.1, 0.15) is 32.5 Å². The van der Waals surface area contributed by atoms with Crippen LogP contribution < -0.4 is 0 Å². The molecule has 0 spiro atoms. The van der Waals surface area contributed by atoms with Gasteiger partial charge in [-0.05, 0) is 30.6 Å². The van der Waals surface area contributed by atoms with Crippen molar-refractivity contribution in [2.45, 2.75) is 33.1 Å². The van der Waals surface area contributed by atoms with Gasteiger partial charge in [0.15, 0.2) is 5.82 Å². The van der Waals surface area contributed by atoms with Crippen LogP contribution >= 0.6 is 0 Å². The first-order valence-corrected chi connectivity index (χ1v) is 4.98. The second kappa shape index (κ2) is 3.44. The fourth-order valence-electron chi connectivity index (χ4n) is 2.03. The highest BCUT2D eigenvalue weighted by Gasteiger charge is 2.31. The monoisotopic (exact) mass is 180 g/mol. The van der Waals surface area contributed by atoms with E-state index in [9.17, 15) is 0 Å². The number of rotatable bonds is 3. The smallest absolute Gasteiger partial charge is 0.174 e. The summed E-state index contributed by atoms with van der Waals surface area (Å²) in [6, 6.07) is 0. The van der Waals surface area contributed by atoms with E-state index in [1.165, 1.54) is 12.8 Å². The Balaban J connectivity index is 1.76. The third-order valence-electron chi connectivity index (χ3n) is 3.08. The van der Waals surface area contributed by atoms with E-state index < -0.39 is 0 Å². The number of H-pyrrole nitrogens is 1. The molecule has 0 saturated heterocycles. The number of nitrogens with one attached hydrogen (secondary N) is 1. The molecule has 13 heavy (non-hydrogen) atoms. The fourth-order valence-corrected chi connectivity index (χ4v) is 2.03. The van der Waals surface area contributed by atoms with Crippen molar-refractivity contribution >= 4 is 0 Å². The Labute approximate surface area is 78.1 Å². The van der Waals surface area contributed by atoms with Gasteiger partial charge in [0.05, 0.1) is 0 Å². The van der Waals surface area contributed by atoms with E-state index in [1.54, 1.807) is 0 Å². The van der Waals surface area contributed by atoms with Gasteiger partial charge in [-0.1, -0.05) is 19.1 Å². The second-order valence-electron chi connectivity index (χ2n) is 4.37. The normalized spacial score (nSPS) is 27.6. The quantitative estimate of drug-likeness (QED) is 0.765. The van der Waals surface area contributed by atoms with Crippen molar-refractivity contribution < 1.29 is 0 Å². The van der Waals surface area contributed by atoms with Gasteiger partial charge in [0.1, 0.15) is 0 Å². The van der Waals surface area contributed by atoms with Gasteiger partial charge in [0.2, 0.25) is 0 Å². The predicted octanol–water partition coefficient (Wildman–Crippen LogP) is 1.42. The Morgan fingerprint density at radius 1 is 1.46 bits per heavy atom. The Hall–Kier alpha value is -0.930. The lowest BCUT2D eigenvalue weighted by atomic mass is 9.68. The Bertz CT molecular complexity index is 249. The maximum atomic E-state index is 3.96. The zero-order valence-electron chi connectivity index (χ0n) is 8.20. The highest BCUT2D eigenvalue weighted by Crippen LogP contribution is 2.39. The Kier molecular flexibility index (Phi) is 2.29. The van der Waals surface area contributed by atoms with Gasteiger partial charge < -0.3 is 0 Å². The van der Waals surface area contributed by atoms with E-state index in [0.29, 0.717) is 0 Å². The van der Waals surface area contributed by atoms with Gasteiger partial charge >= 0.3 is 0 Å². The van der Waals surface area contributed by atoms with Gasteiger partial charge in [0.25, 0.3) is 0 Å². The molecular weight excluding hydrogens is 164 g/mol. The van der Waals surface area contributed by atoms with Gasteiger partial charge in [-0.15, -0.1) is 10.2 Å². The van der Waals surface area contributed by atoms with Crippen LogP contribution in [-0.4, -0.2) is 20.6 Å². The lowest BCUT2D eigenvalue weighted by Gasteiger charge is -2.37. The van der Waals surface area contributed by atoms with Crippen molar-refractivity contribution in [1.82, 2.24) is 20.6 Å². The minimum absolute atomic E-state index is 0.796. The molecule has 1 aromatic rings. The van der Waals surface area contributed by atoms with Crippen LogP contribution in [0, 0.1) is 17.8 Å². The molecule has 1 saturated carbocycles. The number of aromatic nitrogens is 4. The van der Waals surface area contributed by atoms with E-state index in [0.717, 1.165) is 30.0 Å². The topological polar surface area (TPSA) is 54.5 Å². The number of hydrogen-bond donors (Lipinski definition) is 1. The van der Waals surface area contributed by atoms with Crippen molar-refractivity contribution in [3.8, 4) is 0 Å². The molecule has 2 rings (SSSR count). The summed E-state index contributed by atoms with van der Waals surface area (Å²) in [5.41, 5.74) is 0. The summed E-state index contributed by atoms with van der Waals surface area (Å²) in [6.07, 6.45) is 3.68. The molecule has 4 nitrogen and oxygen atoms in total. The molecule has 0 aromatic carbocycles. The van der Waals surface area contributed by atoms with Gasteiger partial charge in [-0.3, -0.25) is 0 Å². The number of nitrogens with zero attached hydrogens (tertiary/aromatic N) is 3. The van der Waals surface area contributed by atoms with E-state index in [2.05, 4.69) is 34.5 Å². The Morgan fingerprint density at radius 2 is 2.23 bits per heavy atom. The molecule has 0 unspecified atom stereocenters. The molecule has 0 aliphatic heterocycles. The molecule has 1 aliphatic rings. The molecule has 0 bridgehead atoms. The highest BCUT2D eigenvalue weighted by atomic mass is 15.5. The van der Waals surface area contributed by atoms with Crippen molar-refractivity contribution in [1.29, 1.82) is 0 Å². The third kappa shape index (κ3) is 1.87. The first-order chi connectivity index (χ1) is 6.25. The summed E-state index contributed by atoms with van der Waals surface area (Å²) < 4.78 is 0. The average Bonchev–Trinajstić information content (AvgIpc) is 2.46. The van der Waals surface area contributed by atoms with Crippen LogP contribution in [0.25, 0.3) is 0 Å². The zero-order valence-corrected chi connectivity index (χ0v) is 8.20. The second-order valence-corrected chi connectivity index (χ2v) is 4.37. The molecule has 1 N–H and O–H groups in total. The molecule has 1 heterocycles. The Morgan fingerprint density at radius 3 is 2.77 bits per heavy atom. The molecular formula is C9H16N4. The number of hydrogen-bond acceptors (Lipinski definition) is 3. The maximum absolute atomic E-state index is 3.96. The summed E-state index contributed by atoms with van der Waals surface area (Å²) in [4.78, 5) is 0. The minimum atomic E-state index is 0.796. The van der Waals surface area contributed by atoms with E-state index in [1.807, 2.05) is 0 Å². The third-order valence-corrected chi connectivity index (χ3v) is 3.08. The molecule has 0 atom stereocenters.